The Labute approximate surface area is 253 Å². The summed E-state index contributed by atoms with van der Waals surface area (Å²) in [5.74, 6) is -0.768. The lowest BCUT2D eigenvalue weighted by molar-refractivity contribution is -0.0116. The molecule has 4 heterocycles. The van der Waals surface area contributed by atoms with Crippen LogP contribution in [0.1, 0.15) is 59.8 Å². The van der Waals surface area contributed by atoms with Crippen LogP contribution in [-0.2, 0) is 4.74 Å². The molecule has 3 fully saturated rings. The van der Waals surface area contributed by atoms with E-state index >= 15 is 0 Å². The Morgan fingerprint density at radius 3 is 2.49 bits per heavy atom. The summed E-state index contributed by atoms with van der Waals surface area (Å²) in [7, 11) is 1.31. The molecule has 41 heavy (non-hydrogen) atoms. The van der Waals surface area contributed by atoms with Crippen LogP contribution in [0.3, 0.4) is 0 Å². The number of nitrogens with one attached hydrogen (secondary N) is 2. The van der Waals surface area contributed by atoms with Crippen molar-refractivity contribution in [2.24, 2.45) is 0 Å². The van der Waals surface area contributed by atoms with E-state index in [0.29, 0.717) is 13.1 Å². The second kappa shape index (κ2) is 13.4. The van der Waals surface area contributed by atoms with Crippen LogP contribution in [0.5, 0.6) is 11.8 Å². The number of H-pyrrole nitrogens is 1. The van der Waals surface area contributed by atoms with Crippen molar-refractivity contribution in [3.05, 3.63) is 25.7 Å². The van der Waals surface area contributed by atoms with Crippen molar-refractivity contribution in [1.29, 1.82) is 0 Å². The van der Waals surface area contributed by atoms with Crippen LogP contribution in [0.2, 0.25) is 5.02 Å². The largest absolute Gasteiger partial charge is 0.490 e. The molecule has 1 amide bonds. The number of halogens is 3. The van der Waals surface area contributed by atoms with Gasteiger partial charge >= 0.3 is 6.09 Å². The van der Waals surface area contributed by atoms with Crippen molar-refractivity contribution in [3.8, 4) is 11.8 Å². The summed E-state index contributed by atoms with van der Waals surface area (Å²) in [6.45, 7) is 11.4. The van der Waals surface area contributed by atoms with Crippen molar-refractivity contribution < 1.29 is 23.4 Å². The quantitative estimate of drug-likeness (QED) is 0.312. The summed E-state index contributed by atoms with van der Waals surface area (Å²) in [5, 5.41) is 3.13. The smallest absolute Gasteiger partial charge is 0.410 e. The van der Waals surface area contributed by atoms with E-state index in [4.69, 9.17) is 25.8 Å². The van der Waals surface area contributed by atoms with Gasteiger partial charge in [-0.3, -0.25) is 9.78 Å². The molecule has 5 rings (SSSR count). The normalized spacial score (nSPS) is 19.8. The molecule has 228 valence electrons. The number of hydrogen-bond acceptors (Lipinski definition) is 8. The van der Waals surface area contributed by atoms with Gasteiger partial charge in [-0.2, -0.15) is 4.98 Å². The molecule has 3 saturated heterocycles. The molecule has 3 aliphatic heterocycles. The molecule has 2 aromatic rings. The summed E-state index contributed by atoms with van der Waals surface area (Å²) in [5.41, 5.74) is -1.40. The van der Waals surface area contributed by atoms with Gasteiger partial charge in [-0.1, -0.05) is 11.6 Å². The first-order chi connectivity index (χ1) is 19.4. The number of carbonyl (C=O) groups excluding carboxylic acids is 1. The number of methoxy groups -OCH3 is 1. The van der Waals surface area contributed by atoms with Crippen molar-refractivity contribution in [1.82, 2.24) is 25.1 Å². The van der Waals surface area contributed by atoms with Gasteiger partial charge in [0.25, 0.3) is 11.6 Å². The first kappa shape index (κ1) is 31.8. The minimum absolute atomic E-state index is 0.00347. The second-order valence-corrected chi connectivity index (χ2v) is 12.8. The van der Waals surface area contributed by atoms with Gasteiger partial charge in [0, 0.05) is 25.2 Å². The van der Waals surface area contributed by atoms with Crippen LogP contribution in [-0.4, -0.2) is 89.5 Å². The van der Waals surface area contributed by atoms with E-state index in [-0.39, 0.29) is 56.9 Å². The van der Waals surface area contributed by atoms with E-state index in [0.717, 1.165) is 12.5 Å². The maximum absolute atomic E-state index is 14.7. The third-order valence-electron chi connectivity index (χ3n) is 7.68. The molecule has 0 radical (unpaired) electrons. The molecular formula is C28H40BrClFN5O5. The second-order valence-electron chi connectivity index (χ2n) is 11.7. The zero-order valence-corrected chi connectivity index (χ0v) is 26.7. The molecule has 2 N–H and O–H groups in total. The highest BCUT2D eigenvalue weighted by Gasteiger charge is 2.38. The zero-order chi connectivity index (χ0) is 29.9. The third kappa shape index (κ3) is 7.44. The molecule has 13 heteroatoms. The lowest BCUT2D eigenvalue weighted by atomic mass is 9.97. The monoisotopic (exact) mass is 659 g/mol. The van der Waals surface area contributed by atoms with Crippen molar-refractivity contribution >= 4 is 44.5 Å². The SMILES string of the molecule is C1CC2CCCN2C1.COc1nc2c(F)c(Br)c(Cl)c(OCCNC(C)C3CCN3C(=O)OC(C)(C)C)c2c(=O)[nH]1. The summed E-state index contributed by atoms with van der Waals surface area (Å²) < 4.78 is 30.7. The number of amides is 1. The standard InChI is InChI=1S/C21H27BrClFN4O5.C7H13N/c1-10(11-6-8-28(11)20(30)33-21(2,3)4)25-7-9-32-17-12-16(15(24)13(22)14(17)23)26-19(31-5)27-18(12)29;1-3-7-4-2-6-8(7)5-1/h10-11,25H,6-9H2,1-5H3,(H,26,27,29);7H,1-6H2. The molecule has 10 nitrogen and oxygen atoms in total. The van der Waals surface area contributed by atoms with Gasteiger partial charge < -0.3 is 29.3 Å². The van der Waals surface area contributed by atoms with Crippen LogP contribution in [0.4, 0.5) is 9.18 Å². The van der Waals surface area contributed by atoms with Gasteiger partial charge in [-0.15, -0.1) is 0 Å². The summed E-state index contributed by atoms with van der Waals surface area (Å²) in [6, 6.07) is 0.868. The number of hydrogen-bond donors (Lipinski definition) is 2. The zero-order valence-electron chi connectivity index (χ0n) is 24.3. The average molecular weight is 661 g/mol. The molecule has 3 aliphatic rings. The van der Waals surface area contributed by atoms with Crippen LogP contribution < -0.4 is 20.3 Å². The van der Waals surface area contributed by atoms with Crippen molar-refractivity contribution in [2.75, 3.05) is 39.9 Å². The van der Waals surface area contributed by atoms with E-state index in [1.54, 1.807) is 4.90 Å². The fraction of sp³-hybridized carbons (Fsp3) is 0.679. The predicted octanol–water partition coefficient (Wildman–Crippen LogP) is 5.10. The molecular weight excluding hydrogens is 621 g/mol. The Morgan fingerprint density at radius 2 is 1.93 bits per heavy atom. The fourth-order valence-electron chi connectivity index (χ4n) is 5.56. The van der Waals surface area contributed by atoms with Gasteiger partial charge in [0.15, 0.2) is 11.6 Å². The van der Waals surface area contributed by atoms with Crippen molar-refractivity contribution in [2.45, 2.75) is 83.5 Å². The van der Waals surface area contributed by atoms with E-state index < -0.39 is 17.0 Å². The molecule has 2 atom stereocenters. The lowest BCUT2D eigenvalue weighted by Gasteiger charge is -2.44. The Balaban J connectivity index is 0.000000409. The molecule has 0 spiro atoms. The molecule has 0 aliphatic carbocycles. The Morgan fingerprint density at radius 1 is 1.24 bits per heavy atom. The summed E-state index contributed by atoms with van der Waals surface area (Å²) in [4.78, 5) is 35.6. The van der Waals surface area contributed by atoms with E-state index in [9.17, 15) is 14.0 Å². The number of nitrogens with zero attached hydrogens (tertiary/aromatic N) is 3. The summed E-state index contributed by atoms with van der Waals surface area (Å²) in [6.07, 6.45) is 6.42. The third-order valence-corrected chi connectivity index (χ3v) is 9.01. The van der Waals surface area contributed by atoms with E-state index in [1.165, 1.54) is 45.9 Å². The maximum atomic E-state index is 14.7. The van der Waals surface area contributed by atoms with Gasteiger partial charge in [0.1, 0.15) is 28.1 Å². The van der Waals surface area contributed by atoms with Crippen LogP contribution in [0, 0.1) is 5.82 Å². The number of carbonyl (C=O) groups is 1. The van der Waals surface area contributed by atoms with Gasteiger partial charge in [0.05, 0.1) is 17.6 Å². The Bertz CT molecular complexity index is 1290. The maximum Gasteiger partial charge on any atom is 0.410 e. The number of benzene rings is 1. The Hall–Kier alpha value is -2.15. The molecule has 1 aromatic heterocycles. The number of ether oxygens (including phenoxy) is 3. The minimum atomic E-state index is -0.786. The van der Waals surface area contributed by atoms with Crippen molar-refractivity contribution in [3.63, 3.8) is 0 Å². The number of fused-ring (bicyclic) bond motifs is 2. The molecule has 2 unspecified atom stereocenters. The lowest BCUT2D eigenvalue weighted by Crippen LogP contribution is -2.60. The van der Waals surface area contributed by atoms with Crippen LogP contribution in [0.15, 0.2) is 9.27 Å². The highest BCUT2D eigenvalue weighted by atomic mass is 79.9. The van der Waals surface area contributed by atoms with E-state index in [1.807, 2.05) is 27.7 Å². The highest BCUT2D eigenvalue weighted by Crippen LogP contribution is 2.40. The van der Waals surface area contributed by atoms with Gasteiger partial charge in [0.2, 0.25) is 0 Å². The number of aromatic amines is 1. The van der Waals surface area contributed by atoms with Crippen LogP contribution >= 0.6 is 27.5 Å². The average Bonchev–Trinajstić information content (AvgIpc) is 3.51. The minimum Gasteiger partial charge on any atom is -0.490 e. The predicted molar refractivity (Wildman–Crippen MR) is 160 cm³/mol. The van der Waals surface area contributed by atoms with Gasteiger partial charge in [-0.05, 0) is 88.8 Å². The fourth-order valence-corrected chi connectivity index (χ4v) is 6.16. The highest BCUT2D eigenvalue weighted by molar-refractivity contribution is 9.10. The number of aromatic nitrogens is 2. The number of likely N-dealkylation sites (tertiary alicyclic amines) is 1. The molecule has 0 saturated carbocycles. The van der Waals surface area contributed by atoms with E-state index in [2.05, 4.69) is 36.1 Å². The number of rotatable bonds is 7. The molecule has 1 aromatic carbocycles. The Kier molecular flexibility index (Phi) is 10.4. The first-order valence-electron chi connectivity index (χ1n) is 14.2. The van der Waals surface area contributed by atoms with Gasteiger partial charge in [-0.25, -0.2) is 9.18 Å². The molecule has 0 bridgehead atoms. The topological polar surface area (TPSA) is 109 Å². The summed E-state index contributed by atoms with van der Waals surface area (Å²) >= 11 is 9.34. The first-order valence-corrected chi connectivity index (χ1v) is 15.3. The van der Waals surface area contributed by atoms with Crippen LogP contribution in [0.25, 0.3) is 10.9 Å².